The average Bonchev–Trinajstić information content (AvgIpc) is 2.98. The summed E-state index contributed by atoms with van der Waals surface area (Å²) in [5, 5.41) is 4.61. The first-order valence-corrected chi connectivity index (χ1v) is 5.88. The molecule has 21 heavy (non-hydrogen) atoms. The van der Waals surface area contributed by atoms with E-state index in [9.17, 15) is 18.4 Å². The number of carbonyl (C=O) groups excluding carboxylic acids is 2. The van der Waals surface area contributed by atoms with Crippen molar-refractivity contribution in [2.24, 2.45) is 0 Å². The van der Waals surface area contributed by atoms with Gasteiger partial charge < -0.3 is 15.1 Å². The molecule has 0 aliphatic carbocycles. The highest BCUT2D eigenvalue weighted by atomic mass is 19.1. The molecule has 6 nitrogen and oxygen atoms in total. The van der Waals surface area contributed by atoms with Crippen LogP contribution in [0.15, 0.2) is 35.3 Å². The Labute approximate surface area is 118 Å². The van der Waals surface area contributed by atoms with Gasteiger partial charge >= 0.3 is 0 Å². The highest BCUT2D eigenvalue weighted by molar-refractivity contribution is 5.96. The van der Waals surface area contributed by atoms with Crippen LogP contribution < -0.4 is 10.6 Å². The Bertz CT molecular complexity index is 659. The second-order valence-electron chi connectivity index (χ2n) is 4.06. The molecule has 1 aromatic carbocycles. The van der Waals surface area contributed by atoms with Crippen LogP contribution in [0.25, 0.3) is 0 Å². The van der Waals surface area contributed by atoms with Crippen LogP contribution in [0.3, 0.4) is 0 Å². The van der Waals surface area contributed by atoms with Crippen molar-refractivity contribution in [2.45, 2.75) is 6.04 Å². The van der Waals surface area contributed by atoms with Crippen molar-refractivity contribution in [3.63, 3.8) is 0 Å². The number of rotatable bonds is 4. The van der Waals surface area contributed by atoms with E-state index >= 15 is 0 Å². The molecule has 0 aliphatic rings. The lowest BCUT2D eigenvalue weighted by molar-refractivity contribution is -0.122. The smallest absolute Gasteiger partial charge is 0.274 e. The Morgan fingerprint density at radius 2 is 2.10 bits per heavy atom. The van der Waals surface area contributed by atoms with E-state index in [1.165, 1.54) is 7.05 Å². The van der Waals surface area contributed by atoms with Crippen LogP contribution in [0.1, 0.15) is 22.1 Å². The minimum Gasteiger partial charge on any atom is -0.451 e. The van der Waals surface area contributed by atoms with Crippen molar-refractivity contribution in [1.82, 2.24) is 15.6 Å². The predicted molar refractivity (Wildman–Crippen MR) is 67.1 cm³/mol. The summed E-state index contributed by atoms with van der Waals surface area (Å²) in [5.41, 5.74) is -0.223. The second-order valence-corrected chi connectivity index (χ2v) is 4.06. The number of likely N-dealkylation sites (N-methyl/N-ethyl adjacent to an activating group) is 1. The zero-order valence-corrected chi connectivity index (χ0v) is 10.9. The third kappa shape index (κ3) is 3.22. The third-order valence-electron chi connectivity index (χ3n) is 2.72. The van der Waals surface area contributed by atoms with Gasteiger partial charge in [-0.25, -0.2) is 13.8 Å². The van der Waals surface area contributed by atoms with E-state index in [-0.39, 0.29) is 11.3 Å². The van der Waals surface area contributed by atoms with Gasteiger partial charge in [0.15, 0.2) is 12.1 Å². The Morgan fingerprint density at radius 1 is 1.33 bits per heavy atom. The SMILES string of the molecule is CNC(=O)C(NC(=O)c1cocn1)c1ccc(F)cc1F. The summed E-state index contributed by atoms with van der Waals surface area (Å²) in [6.07, 6.45) is 2.12. The number of nitrogens with one attached hydrogen (secondary N) is 2. The number of benzene rings is 1. The fourth-order valence-electron chi connectivity index (χ4n) is 1.69. The fourth-order valence-corrected chi connectivity index (χ4v) is 1.69. The predicted octanol–water partition coefficient (Wildman–Crippen LogP) is 1.17. The van der Waals surface area contributed by atoms with E-state index in [4.69, 9.17) is 0 Å². The number of nitrogens with zero attached hydrogens (tertiary/aromatic N) is 1. The number of halogens is 2. The molecule has 0 bridgehead atoms. The molecule has 0 radical (unpaired) electrons. The zero-order valence-electron chi connectivity index (χ0n) is 10.9. The third-order valence-corrected chi connectivity index (χ3v) is 2.72. The van der Waals surface area contributed by atoms with E-state index in [0.717, 1.165) is 24.8 Å². The van der Waals surface area contributed by atoms with Crippen LogP contribution in [0.4, 0.5) is 8.78 Å². The number of aromatic nitrogens is 1. The van der Waals surface area contributed by atoms with Crippen molar-refractivity contribution < 1.29 is 22.8 Å². The van der Waals surface area contributed by atoms with E-state index in [1.807, 2.05) is 0 Å². The summed E-state index contributed by atoms with van der Waals surface area (Å²) >= 11 is 0. The van der Waals surface area contributed by atoms with E-state index in [2.05, 4.69) is 20.0 Å². The molecule has 8 heteroatoms. The highest BCUT2D eigenvalue weighted by Crippen LogP contribution is 2.19. The van der Waals surface area contributed by atoms with Crippen LogP contribution in [-0.4, -0.2) is 23.8 Å². The summed E-state index contributed by atoms with van der Waals surface area (Å²) in [5.74, 6) is -3.10. The lowest BCUT2D eigenvalue weighted by Crippen LogP contribution is -2.39. The molecule has 1 atom stereocenters. The first-order valence-electron chi connectivity index (χ1n) is 5.88. The average molecular weight is 295 g/mol. The summed E-state index contributed by atoms with van der Waals surface area (Å²) in [6, 6.07) is 1.40. The van der Waals surface area contributed by atoms with Crippen LogP contribution in [0.5, 0.6) is 0 Å². The normalized spacial score (nSPS) is 11.8. The summed E-state index contributed by atoms with van der Waals surface area (Å²) in [6.45, 7) is 0. The molecule has 0 fully saturated rings. The summed E-state index contributed by atoms with van der Waals surface area (Å²) in [4.78, 5) is 27.3. The monoisotopic (exact) mass is 295 g/mol. The van der Waals surface area contributed by atoms with Crippen molar-refractivity contribution in [1.29, 1.82) is 0 Å². The van der Waals surface area contributed by atoms with Gasteiger partial charge in [0.05, 0.1) is 0 Å². The highest BCUT2D eigenvalue weighted by Gasteiger charge is 2.26. The minimum atomic E-state index is -1.32. The summed E-state index contributed by atoms with van der Waals surface area (Å²) < 4.78 is 31.4. The topological polar surface area (TPSA) is 84.2 Å². The Kier molecular flexibility index (Phi) is 4.27. The van der Waals surface area contributed by atoms with Crippen LogP contribution in [0, 0.1) is 11.6 Å². The second kappa shape index (κ2) is 6.12. The first-order chi connectivity index (χ1) is 10.0. The van der Waals surface area contributed by atoms with Gasteiger partial charge in [0.1, 0.15) is 23.9 Å². The standard InChI is InChI=1S/C13H11F2N3O3/c1-16-13(20)11(8-3-2-7(14)4-9(8)15)18-12(19)10-5-21-6-17-10/h2-6,11H,1H3,(H,16,20)(H,18,19). The fraction of sp³-hybridized carbons (Fsp3) is 0.154. The van der Waals surface area contributed by atoms with Crippen molar-refractivity contribution >= 4 is 11.8 Å². The van der Waals surface area contributed by atoms with Gasteiger partial charge in [-0.3, -0.25) is 9.59 Å². The van der Waals surface area contributed by atoms with E-state index in [0.29, 0.717) is 6.07 Å². The number of hydrogen-bond donors (Lipinski definition) is 2. The van der Waals surface area contributed by atoms with E-state index < -0.39 is 29.5 Å². The molecule has 0 aliphatic heterocycles. The molecule has 2 aromatic rings. The maximum Gasteiger partial charge on any atom is 0.274 e. The maximum atomic E-state index is 13.8. The minimum absolute atomic E-state index is 0.0635. The van der Waals surface area contributed by atoms with Gasteiger partial charge in [-0.15, -0.1) is 0 Å². The van der Waals surface area contributed by atoms with Gasteiger partial charge in [-0.05, 0) is 6.07 Å². The largest absolute Gasteiger partial charge is 0.451 e. The van der Waals surface area contributed by atoms with Crippen molar-refractivity contribution in [2.75, 3.05) is 7.05 Å². The first kappa shape index (κ1) is 14.6. The quantitative estimate of drug-likeness (QED) is 0.887. The number of carbonyl (C=O) groups is 2. The molecule has 1 aromatic heterocycles. The Hall–Kier alpha value is -2.77. The molecule has 1 unspecified atom stereocenters. The van der Waals surface area contributed by atoms with Gasteiger partial charge in [0, 0.05) is 18.7 Å². The zero-order chi connectivity index (χ0) is 15.4. The number of oxazole rings is 1. The van der Waals surface area contributed by atoms with Crippen molar-refractivity contribution in [3.8, 4) is 0 Å². The van der Waals surface area contributed by atoms with E-state index in [1.54, 1.807) is 0 Å². The number of amides is 2. The lowest BCUT2D eigenvalue weighted by Gasteiger charge is -2.17. The molecule has 2 amide bonds. The molecular weight excluding hydrogens is 284 g/mol. The molecule has 2 rings (SSSR count). The molecule has 0 spiro atoms. The van der Waals surface area contributed by atoms with Gasteiger partial charge in [-0.2, -0.15) is 0 Å². The van der Waals surface area contributed by atoms with Crippen LogP contribution >= 0.6 is 0 Å². The van der Waals surface area contributed by atoms with Gasteiger partial charge in [0.25, 0.3) is 5.91 Å². The van der Waals surface area contributed by atoms with Crippen LogP contribution in [-0.2, 0) is 4.79 Å². The molecule has 2 N–H and O–H groups in total. The molecule has 110 valence electrons. The lowest BCUT2D eigenvalue weighted by atomic mass is 10.0. The number of hydrogen-bond acceptors (Lipinski definition) is 4. The maximum absolute atomic E-state index is 13.8. The summed E-state index contributed by atoms with van der Waals surface area (Å²) in [7, 11) is 1.33. The molecule has 0 saturated carbocycles. The van der Waals surface area contributed by atoms with Crippen molar-refractivity contribution in [3.05, 3.63) is 53.7 Å². The Balaban J connectivity index is 2.30. The molecular formula is C13H11F2N3O3. The van der Waals surface area contributed by atoms with Gasteiger partial charge in [-0.1, -0.05) is 6.07 Å². The molecule has 1 heterocycles. The van der Waals surface area contributed by atoms with Crippen LogP contribution in [0.2, 0.25) is 0 Å². The van der Waals surface area contributed by atoms with Gasteiger partial charge in [0.2, 0.25) is 5.91 Å². The Morgan fingerprint density at radius 3 is 2.67 bits per heavy atom. The molecule has 0 saturated heterocycles.